The van der Waals surface area contributed by atoms with E-state index in [4.69, 9.17) is 16.3 Å². The average molecular weight is 536 g/mol. The van der Waals surface area contributed by atoms with Crippen LogP contribution in [0.5, 0.6) is 5.75 Å². The van der Waals surface area contributed by atoms with Crippen molar-refractivity contribution in [2.45, 2.75) is 68.8 Å². The first-order valence-electron chi connectivity index (χ1n) is 12.1. The van der Waals surface area contributed by atoms with Crippen molar-refractivity contribution in [3.63, 3.8) is 0 Å². The van der Waals surface area contributed by atoms with Gasteiger partial charge in [-0.15, -0.1) is 0 Å². The number of aliphatic hydroxyl groups excluding tert-OH is 1. The van der Waals surface area contributed by atoms with Crippen LogP contribution in [-0.4, -0.2) is 60.5 Å². The Bertz CT molecular complexity index is 977. The number of hydrogen-bond donors (Lipinski definition) is 4. The molecule has 1 aromatic carbocycles. The van der Waals surface area contributed by atoms with Crippen molar-refractivity contribution in [1.29, 1.82) is 0 Å². The zero-order valence-electron chi connectivity index (χ0n) is 19.6. The number of benzene rings is 1. The minimum absolute atomic E-state index is 0.0176. The minimum Gasteiger partial charge on any atom is -0.484 e. The molecule has 200 valence electrons. The number of nitrogens with one attached hydrogen (secondary N) is 3. The van der Waals surface area contributed by atoms with Gasteiger partial charge in [-0.05, 0) is 57.1 Å². The highest BCUT2D eigenvalue weighted by molar-refractivity contribution is 6.30. The predicted molar refractivity (Wildman–Crippen MR) is 123 cm³/mol. The summed E-state index contributed by atoms with van der Waals surface area (Å²) >= 11 is 5.64. The van der Waals surface area contributed by atoms with E-state index in [0.717, 1.165) is 6.07 Å². The minimum atomic E-state index is -4.23. The zero-order valence-corrected chi connectivity index (χ0v) is 20.4. The second-order valence-electron chi connectivity index (χ2n) is 10.2. The molecule has 7 nitrogen and oxygen atoms in total. The molecule has 4 N–H and O–H groups in total. The van der Waals surface area contributed by atoms with E-state index < -0.39 is 40.9 Å². The summed E-state index contributed by atoms with van der Waals surface area (Å²) in [6, 6.07) is 3.62. The van der Waals surface area contributed by atoms with Gasteiger partial charge in [-0.25, -0.2) is 4.39 Å². The zero-order chi connectivity index (χ0) is 26.1. The van der Waals surface area contributed by atoms with Crippen LogP contribution >= 0.6 is 11.6 Å². The maximum atomic E-state index is 13.5. The number of hydrogen-bond acceptors (Lipinski definition) is 5. The molecule has 3 atom stereocenters. The van der Waals surface area contributed by atoms with Gasteiger partial charge in [-0.2, -0.15) is 13.2 Å². The lowest BCUT2D eigenvalue weighted by atomic mass is 9.55. The Balaban J connectivity index is 1.25. The lowest BCUT2D eigenvalue weighted by Crippen LogP contribution is -2.66. The fraction of sp³-hybridized carbons (Fsp3) is 0.667. The van der Waals surface area contributed by atoms with Crippen molar-refractivity contribution in [2.24, 2.45) is 11.3 Å². The van der Waals surface area contributed by atoms with Crippen LogP contribution in [0.3, 0.4) is 0 Å². The Labute approximate surface area is 211 Å². The third-order valence-electron chi connectivity index (χ3n) is 7.93. The predicted octanol–water partition coefficient (Wildman–Crippen LogP) is 3.08. The number of fused-ring (bicyclic) bond motifs is 3. The van der Waals surface area contributed by atoms with E-state index in [1.165, 1.54) is 12.1 Å². The topological polar surface area (TPSA) is 99.7 Å². The highest BCUT2D eigenvalue weighted by atomic mass is 35.5. The van der Waals surface area contributed by atoms with Crippen molar-refractivity contribution in [1.82, 2.24) is 16.0 Å². The van der Waals surface area contributed by atoms with Crippen LogP contribution in [0, 0.1) is 17.2 Å². The lowest BCUT2D eigenvalue weighted by molar-refractivity contribution is -0.179. The molecule has 2 unspecified atom stereocenters. The molecule has 2 bridgehead atoms. The molecule has 1 aliphatic heterocycles. The van der Waals surface area contributed by atoms with Gasteiger partial charge < -0.3 is 25.8 Å². The van der Waals surface area contributed by atoms with E-state index in [1.807, 2.05) is 0 Å². The summed E-state index contributed by atoms with van der Waals surface area (Å²) in [5.41, 5.74) is -1.64. The van der Waals surface area contributed by atoms with Crippen molar-refractivity contribution in [3.05, 3.63) is 29.0 Å². The van der Waals surface area contributed by atoms with Crippen LogP contribution in [0.4, 0.5) is 17.6 Å². The third kappa shape index (κ3) is 5.73. The van der Waals surface area contributed by atoms with Crippen molar-refractivity contribution >= 4 is 23.4 Å². The van der Waals surface area contributed by atoms with Crippen LogP contribution in [0.2, 0.25) is 5.02 Å². The summed E-state index contributed by atoms with van der Waals surface area (Å²) in [5.74, 6) is -2.59. The number of ether oxygens (including phenoxy) is 1. The van der Waals surface area contributed by atoms with Crippen LogP contribution in [-0.2, 0) is 9.59 Å². The lowest BCUT2D eigenvalue weighted by Gasteiger charge is -2.55. The molecule has 4 fully saturated rings. The maximum absolute atomic E-state index is 13.5. The van der Waals surface area contributed by atoms with Gasteiger partial charge >= 0.3 is 6.18 Å². The summed E-state index contributed by atoms with van der Waals surface area (Å²) in [5, 5.41) is 19.4. The van der Waals surface area contributed by atoms with Gasteiger partial charge in [0.1, 0.15) is 11.6 Å². The maximum Gasteiger partial charge on any atom is 0.393 e. The molecule has 0 aromatic heterocycles. The molecule has 5 rings (SSSR count). The van der Waals surface area contributed by atoms with Crippen LogP contribution in [0.1, 0.15) is 44.9 Å². The third-order valence-corrected chi connectivity index (χ3v) is 8.23. The standard InChI is InChI=1S/C24H30ClF4N3O4/c25-17-4-3-16(9-18(17)26)36-13-20(34)32-22-5-7-23(8-6-22,19(33)10-22)21(35)31-12-15-2-1-14(11-30-15)24(27,28)29/h3-4,9,14-15,19,30,33H,1-2,5-8,10-13H2,(H,31,35)(H,32,34)/t14?,15?,19-,22?,23?/m1/s1. The van der Waals surface area contributed by atoms with E-state index in [2.05, 4.69) is 16.0 Å². The second-order valence-corrected chi connectivity index (χ2v) is 10.6. The summed E-state index contributed by atoms with van der Waals surface area (Å²) in [6.45, 7) is -0.312. The molecule has 36 heavy (non-hydrogen) atoms. The quantitative estimate of drug-likeness (QED) is 0.402. The van der Waals surface area contributed by atoms with Gasteiger partial charge in [0.2, 0.25) is 5.91 Å². The molecule has 1 aromatic rings. The van der Waals surface area contributed by atoms with Gasteiger partial charge in [-0.1, -0.05) is 11.6 Å². The monoisotopic (exact) mass is 535 g/mol. The van der Waals surface area contributed by atoms with E-state index in [9.17, 15) is 32.3 Å². The Hall–Kier alpha value is -2.11. The molecule has 4 aliphatic rings. The SMILES string of the molecule is O=C(COc1ccc(Cl)c(F)c1)NC12CCC(C(=O)NCC3CCC(C(F)(F)F)CN3)(CC1)[C@H](O)C2. The Kier molecular flexibility index (Phi) is 7.73. The van der Waals surface area contributed by atoms with Crippen molar-refractivity contribution < 1.29 is 37.0 Å². The molecular formula is C24H30ClF4N3O4. The van der Waals surface area contributed by atoms with Gasteiger partial charge in [-0.3, -0.25) is 9.59 Å². The molecule has 3 aliphatic carbocycles. The normalized spacial score (nSPS) is 32.1. The summed E-state index contributed by atoms with van der Waals surface area (Å²) in [6.07, 6.45) is -2.94. The van der Waals surface area contributed by atoms with E-state index in [1.54, 1.807) is 0 Å². The fourth-order valence-corrected chi connectivity index (χ4v) is 5.76. The first-order valence-corrected chi connectivity index (χ1v) is 12.5. The molecule has 1 saturated heterocycles. The van der Waals surface area contributed by atoms with E-state index in [-0.39, 0.29) is 55.3 Å². The number of halogens is 5. The van der Waals surface area contributed by atoms with Crippen LogP contribution in [0.25, 0.3) is 0 Å². The number of rotatable bonds is 7. The molecule has 2 amide bonds. The first kappa shape index (κ1) is 26.9. The van der Waals surface area contributed by atoms with Crippen molar-refractivity contribution in [2.75, 3.05) is 19.7 Å². The number of carbonyl (C=O) groups excluding carboxylic acids is 2. The smallest absolute Gasteiger partial charge is 0.393 e. The molecule has 12 heteroatoms. The highest BCUT2D eigenvalue weighted by Crippen LogP contribution is 2.52. The summed E-state index contributed by atoms with van der Waals surface area (Å²) < 4.78 is 57.4. The van der Waals surface area contributed by atoms with Gasteiger partial charge in [0, 0.05) is 30.7 Å². The molecule has 0 spiro atoms. The highest BCUT2D eigenvalue weighted by Gasteiger charge is 2.58. The molecule has 3 saturated carbocycles. The molecule has 1 heterocycles. The van der Waals surface area contributed by atoms with Gasteiger partial charge in [0.25, 0.3) is 5.91 Å². The first-order chi connectivity index (χ1) is 16.9. The average Bonchev–Trinajstić information content (AvgIpc) is 2.83. The van der Waals surface area contributed by atoms with Gasteiger partial charge in [0.15, 0.2) is 6.61 Å². The second kappa shape index (κ2) is 10.3. The van der Waals surface area contributed by atoms with E-state index >= 15 is 0 Å². The number of amides is 2. The van der Waals surface area contributed by atoms with Crippen LogP contribution in [0.15, 0.2) is 18.2 Å². The van der Waals surface area contributed by atoms with Crippen molar-refractivity contribution in [3.8, 4) is 5.75 Å². The summed E-state index contributed by atoms with van der Waals surface area (Å²) in [4.78, 5) is 25.6. The van der Waals surface area contributed by atoms with E-state index in [0.29, 0.717) is 32.1 Å². The Morgan fingerprint density at radius 2 is 1.92 bits per heavy atom. The number of piperidine rings is 1. The summed E-state index contributed by atoms with van der Waals surface area (Å²) in [7, 11) is 0. The fourth-order valence-electron chi connectivity index (χ4n) is 5.64. The van der Waals surface area contributed by atoms with Crippen LogP contribution < -0.4 is 20.7 Å². The largest absolute Gasteiger partial charge is 0.484 e. The number of aliphatic hydroxyl groups is 1. The molecule has 0 radical (unpaired) electrons. The molecular weight excluding hydrogens is 506 g/mol. The number of carbonyl (C=O) groups is 2. The Morgan fingerprint density at radius 3 is 2.50 bits per heavy atom. The van der Waals surface area contributed by atoms with Gasteiger partial charge in [0.05, 0.1) is 22.5 Å². The Morgan fingerprint density at radius 1 is 1.19 bits per heavy atom. The number of alkyl halides is 3.